The van der Waals surface area contributed by atoms with Crippen LogP contribution < -0.4 is 4.74 Å². The Morgan fingerprint density at radius 3 is 2.50 bits per heavy atom. The quantitative estimate of drug-likeness (QED) is 0.915. The van der Waals surface area contributed by atoms with E-state index in [-0.39, 0.29) is 5.69 Å². The number of hydrogen-bond acceptors (Lipinski definition) is 5. The summed E-state index contributed by atoms with van der Waals surface area (Å²) in [6.45, 7) is 1.46. The number of likely N-dealkylation sites (N-methyl/N-ethyl adjacent to an activating group) is 1. The van der Waals surface area contributed by atoms with Gasteiger partial charge < -0.3 is 14.7 Å². The first-order valence-corrected chi connectivity index (χ1v) is 7.42. The molecule has 0 aliphatic carbocycles. The molecule has 7 heteroatoms. The van der Waals surface area contributed by atoms with Gasteiger partial charge in [0, 0.05) is 18.0 Å². The summed E-state index contributed by atoms with van der Waals surface area (Å²) in [6, 6.07) is 6.44. The number of hydrogen-bond donors (Lipinski definition) is 1. The van der Waals surface area contributed by atoms with E-state index in [2.05, 4.69) is 4.98 Å². The van der Waals surface area contributed by atoms with Crippen LogP contribution in [-0.4, -0.2) is 47.1 Å². The molecule has 22 heavy (non-hydrogen) atoms. The maximum absolute atomic E-state index is 12.2. The molecule has 0 fully saturated rings. The Morgan fingerprint density at radius 1 is 1.32 bits per heavy atom. The molecule has 2 aromatic rings. The van der Waals surface area contributed by atoms with Crippen molar-refractivity contribution < 1.29 is 19.4 Å². The summed E-state index contributed by atoms with van der Waals surface area (Å²) in [5.41, 5.74) is 1.12. The molecule has 0 aliphatic heterocycles. The predicted octanol–water partition coefficient (Wildman–Crippen LogP) is 2.36. The Morgan fingerprint density at radius 2 is 1.95 bits per heavy atom. The average molecular weight is 320 g/mol. The molecule has 1 unspecified atom stereocenters. The summed E-state index contributed by atoms with van der Waals surface area (Å²) in [5.74, 6) is -0.723. The van der Waals surface area contributed by atoms with Crippen molar-refractivity contribution >= 4 is 23.2 Å². The SMILES string of the molecule is COc1ccc(-c2nc(C(=O)N(C)C(C)C(=O)O)cs2)cc1. The van der Waals surface area contributed by atoms with Crippen molar-refractivity contribution in [1.82, 2.24) is 9.88 Å². The van der Waals surface area contributed by atoms with Crippen LogP contribution >= 0.6 is 11.3 Å². The first-order chi connectivity index (χ1) is 10.4. The molecule has 1 aromatic heterocycles. The second kappa shape index (κ2) is 6.57. The molecule has 1 atom stereocenters. The van der Waals surface area contributed by atoms with Crippen molar-refractivity contribution in [3.63, 3.8) is 0 Å². The number of thiazole rings is 1. The van der Waals surface area contributed by atoms with Crippen LogP contribution in [-0.2, 0) is 4.79 Å². The van der Waals surface area contributed by atoms with Gasteiger partial charge in [-0.15, -0.1) is 11.3 Å². The number of aliphatic carboxylic acids is 1. The van der Waals surface area contributed by atoms with E-state index in [1.54, 1.807) is 12.5 Å². The van der Waals surface area contributed by atoms with Crippen molar-refractivity contribution in [1.29, 1.82) is 0 Å². The minimum Gasteiger partial charge on any atom is -0.497 e. The van der Waals surface area contributed by atoms with Gasteiger partial charge in [-0.3, -0.25) is 4.79 Å². The van der Waals surface area contributed by atoms with Crippen molar-refractivity contribution in [2.75, 3.05) is 14.2 Å². The predicted molar refractivity (Wildman–Crippen MR) is 83.3 cm³/mol. The molecule has 1 heterocycles. The minimum absolute atomic E-state index is 0.242. The Hall–Kier alpha value is -2.41. The number of rotatable bonds is 5. The van der Waals surface area contributed by atoms with E-state index in [4.69, 9.17) is 9.84 Å². The van der Waals surface area contributed by atoms with Gasteiger partial charge in [-0.25, -0.2) is 9.78 Å². The zero-order valence-electron chi connectivity index (χ0n) is 12.4. The zero-order chi connectivity index (χ0) is 16.3. The van der Waals surface area contributed by atoms with Gasteiger partial charge in [0.2, 0.25) is 0 Å². The van der Waals surface area contributed by atoms with Crippen molar-refractivity contribution in [2.45, 2.75) is 13.0 Å². The lowest BCUT2D eigenvalue weighted by Gasteiger charge is -2.20. The number of carboxylic acids is 1. The van der Waals surface area contributed by atoms with Crippen molar-refractivity contribution in [3.05, 3.63) is 35.3 Å². The highest BCUT2D eigenvalue weighted by Crippen LogP contribution is 2.26. The van der Waals surface area contributed by atoms with Crippen LogP contribution in [0.25, 0.3) is 10.6 Å². The number of carboxylic acid groups (broad SMARTS) is 1. The summed E-state index contributed by atoms with van der Waals surface area (Å²) >= 11 is 1.34. The van der Waals surface area contributed by atoms with E-state index in [0.29, 0.717) is 5.01 Å². The molecule has 0 radical (unpaired) electrons. The van der Waals surface area contributed by atoms with Gasteiger partial charge in [-0.05, 0) is 31.2 Å². The smallest absolute Gasteiger partial charge is 0.326 e. The lowest BCUT2D eigenvalue weighted by Crippen LogP contribution is -2.40. The molecule has 2 rings (SSSR count). The van der Waals surface area contributed by atoms with Gasteiger partial charge in [0.05, 0.1) is 7.11 Å². The number of nitrogens with zero attached hydrogens (tertiary/aromatic N) is 2. The Labute approximate surface area is 132 Å². The molecule has 1 amide bonds. The van der Waals surface area contributed by atoms with Crippen LogP contribution in [0.15, 0.2) is 29.6 Å². The number of methoxy groups -OCH3 is 1. The molecule has 0 spiro atoms. The van der Waals surface area contributed by atoms with E-state index in [1.807, 2.05) is 24.3 Å². The number of carbonyl (C=O) groups excluding carboxylic acids is 1. The van der Waals surface area contributed by atoms with Gasteiger partial charge in [0.1, 0.15) is 22.5 Å². The monoisotopic (exact) mass is 320 g/mol. The Bertz CT molecular complexity index is 681. The highest BCUT2D eigenvalue weighted by Gasteiger charge is 2.24. The molecular formula is C15H16N2O4S. The van der Waals surface area contributed by atoms with Crippen molar-refractivity contribution in [3.8, 4) is 16.3 Å². The molecular weight excluding hydrogens is 304 g/mol. The molecule has 0 saturated heterocycles. The van der Waals surface area contributed by atoms with Crippen LogP contribution in [0.1, 0.15) is 17.4 Å². The fraction of sp³-hybridized carbons (Fsp3) is 0.267. The van der Waals surface area contributed by atoms with E-state index in [9.17, 15) is 9.59 Å². The summed E-state index contributed by atoms with van der Waals surface area (Å²) in [4.78, 5) is 28.6. The van der Waals surface area contributed by atoms with E-state index in [1.165, 1.54) is 25.3 Å². The molecule has 1 N–H and O–H groups in total. The van der Waals surface area contributed by atoms with Crippen LogP contribution in [0, 0.1) is 0 Å². The molecule has 1 aromatic carbocycles. The third-order valence-electron chi connectivity index (χ3n) is 3.32. The maximum Gasteiger partial charge on any atom is 0.326 e. The zero-order valence-corrected chi connectivity index (χ0v) is 13.3. The number of ether oxygens (including phenoxy) is 1. The topological polar surface area (TPSA) is 79.7 Å². The van der Waals surface area contributed by atoms with Gasteiger partial charge in [0.15, 0.2) is 0 Å². The lowest BCUT2D eigenvalue weighted by atomic mass is 10.2. The van der Waals surface area contributed by atoms with Gasteiger partial charge in [0.25, 0.3) is 5.91 Å². The van der Waals surface area contributed by atoms with Crippen LogP contribution in [0.3, 0.4) is 0 Å². The van der Waals surface area contributed by atoms with Gasteiger partial charge >= 0.3 is 5.97 Å². The van der Waals surface area contributed by atoms with E-state index >= 15 is 0 Å². The molecule has 6 nitrogen and oxygen atoms in total. The summed E-state index contributed by atoms with van der Waals surface area (Å²) in [7, 11) is 3.04. The Balaban J connectivity index is 2.20. The van der Waals surface area contributed by atoms with Crippen LogP contribution in [0.5, 0.6) is 5.75 Å². The molecule has 0 bridgehead atoms. The summed E-state index contributed by atoms with van der Waals surface area (Å²) in [6.07, 6.45) is 0. The normalized spacial score (nSPS) is 11.8. The standard InChI is InChI=1S/C15H16N2O4S/c1-9(15(19)20)17(2)14(18)12-8-22-13(16-12)10-4-6-11(21-3)7-5-10/h4-9H,1-3H3,(H,19,20). The number of benzene rings is 1. The fourth-order valence-corrected chi connectivity index (χ4v) is 2.56. The summed E-state index contributed by atoms with van der Waals surface area (Å²) in [5, 5.41) is 11.3. The van der Waals surface area contributed by atoms with E-state index in [0.717, 1.165) is 16.2 Å². The van der Waals surface area contributed by atoms with Crippen molar-refractivity contribution in [2.24, 2.45) is 0 Å². The lowest BCUT2D eigenvalue weighted by molar-refractivity contribution is -0.141. The number of amides is 1. The average Bonchev–Trinajstić information content (AvgIpc) is 3.02. The highest BCUT2D eigenvalue weighted by molar-refractivity contribution is 7.13. The van der Waals surface area contributed by atoms with Crippen LogP contribution in [0.2, 0.25) is 0 Å². The molecule has 116 valence electrons. The molecule has 0 aliphatic rings. The Kier molecular flexibility index (Phi) is 4.77. The number of carbonyl (C=O) groups is 2. The minimum atomic E-state index is -1.05. The third-order valence-corrected chi connectivity index (χ3v) is 4.21. The first-order valence-electron chi connectivity index (χ1n) is 6.54. The number of aromatic nitrogens is 1. The summed E-state index contributed by atoms with van der Waals surface area (Å²) < 4.78 is 5.10. The van der Waals surface area contributed by atoms with Gasteiger partial charge in [-0.1, -0.05) is 0 Å². The van der Waals surface area contributed by atoms with Gasteiger partial charge in [-0.2, -0.15) is 0 Å². The molecule has 0 saturated carbocycles. The fourth-order valence-electron chi connectivity index (χ4n) is 1.76. The first kappa shape index (κ1) is 16.0. The second-order valence-corrected chi connectivity index (χ2v) is 5.55. The highest BCUT2D eigenvalue weighted by atomic mass is 32.1. The second-order valence-electron chi connectivity index (χ2n) is 4.70. The maximum atomic E-state index is 12.2. The third kappa shape index (κ3) is 3.25. The van der Waals surface area contributed by atoms with E-state index < -0.39 is 17.9 Å². The largest absolute Gasteiger partial charge is 0.497 e. The van der Waals surface area contributed by atoms with Crippen LogP contribution in [0.4, 0.5) is 0 Å².